The Kier molecular flexibility index (Phi) is 28.8. The third-order valence-electron chi connectivity index (χ3n) is 27.7. The number of fused-ring (bicyclic) bond motifs is 20. The molecule has 2 N–H and O–H groups in total. The summed E-state index contributed by atoms with van der Waals surface area (Å²) in [6.07, 6.45) is 30.2. The highest BCUT2D eigenvalue weighted by atomic mass is 16.5. The van der Waals surface area contributed by atoms with E-state index in [1.165, 1.54) is 11.1 Å². The van der Waals surface area contributed by atoms with Gasteiger partial charge in [0.2, 0.25) is 0 Å². The van der Waals surface area contributed by atoms with Gasteiger partial charge < -0.3 is 14.6 Å². The molecule has 0 radical (unpaired) electrons. The molecule has 14 nitrogen and oxygen atoms in total. The standard InChI is InChI=1S/C40H35NO.C32H20N8.C30H32O2.C28H40O2/c1-2-42-40-30-28-38(29-31-40)41(37-26-24-35(25-27-37)20-10-9-18-33-14-5-3-6-15-33)39-23-13-22-36(32-39)21-12-11-19-34-16-7-4-8-17-34;1-2-10-18-17(9-1)25-33-26(18)38-28-21-13-5-6-14-22(21)30(35-28)40-32-24-16-8-7-15-23(24)31(36-32)39-29-20-12-4-3-11-19(20)27(34-29)37-25;1-7-29(3,4)25-17-23(19-13-9-11-15-21(19)27(25)31)24-18-26(30(5,6)8-2)28(32)22-16-12-10-14-20(22)24;1-25(2,3)19-13-17(14-20(23(19)29)26(4,5)6)18-15-21(27(7,8)9)24(30)22(16-18)28(10,11)12/h3-32H,2H2,1H3;1-16,25-26,33H,(H,34,35,36,37,38,39,40);9-18H,7-8H2,1-6H3;13-16H,1-12H3/b18-9-,19-11-,20-10-,21-12-;;24-23+;. The van der Waals surface area contributed by atoms with Crippen LogP contribution in [0.25, 0.3) is 46.2 Å². The number of carbonyl (C=O) groups is 4. The van der Waals surface area contributed by atoms with Gasteiger partial charge in [-0.15, -0.1) is 0 Å². The van der Waals surface area contributed by atoms with E-state index in [0.717, 1.165) is 169 Å². The van der Waals surface area contributed by atoms with Gasteiger partial charge in [0.05, 0.1) is 6.61 Å². The summed E-state index contributed by atoms with van der Waals surface area (Å²) >= 11 is 0. The molecule has 5 heterocycles. The van der Waals surface area contributed by atoms with Crippen molar-refractivity contribution >= 4 is 110 Å². The summed E-state index contributed by atoms with van der Waals surface area (Å²) in [5, 5.41) is 5.54. The number of amidine groups is 4. The molecule has 11 aromatic carbocycles. The van der Waals surface area contributed by atoms with Crippen LogP contribution in [0.15, 0.2) is 414 Å². The lowest BCUT2D eigenvalue weighted by molar-refractivity contribution is -0.114. The van der Waals surface area contributed by atoms with Gasteiger partial charge >= 0.3 is 0 Å². The first-order valence-corrected chi connectivity index (χ1v) is 50.1. The van der Waals surface area contributed by atoms with E-state index < -0.39 is 0 Å². The molecule has 0 spiro atoms. The van der Waals surface area contributed by atoms with Crippen LogP contribution in [0.2, 0.25) is 0 Å². The molecule has 1 aromatic heterocycles. The van der Waals surface area contributed by atoms with Crippen LogP contribution in [-0.4, -0.2) is 58.1 Å². The quantitative estimate of drug-likeness (QED) is 0.0957. The zero-order valence-electron chi connectivity index (χ0n) is 86.1. The summed E-state index contributed by atoms with van der Waals surface area (Å²) in [7, 11) is 0. The number of nitrogens with one attached hydrogen (secondary N) is 2. The Morgan fingerprint density at radius 1 is 0.306 bits per heavy atom. The summed E-state index contributed by atoms with van der Waals surface area (Å²) < 4.78 is 5.70. The van der Waals surface area contributed by atoms with E-state index in [9.17, 15) is 19.2 Å². The molecule has 8 aliphatic rings. The molecule has 12 aromatic rings. The first-order valence-electron chi connectivity index (χ1n) is 50.1. The van der Waals surface area contributed by atoms with Crippen molar-refractivity contribution in [3.05, 3.63) is 473 Å². The largest absolute Gasteiger partial charge is 0.494 e. The molecule has 2 unspecified atom stereocenters. The predicted molar refractivity (Wildman–Crippen MR) is 596 cm³/mol. The fraction of sp³-hybridized carbons (Fsp3) is 0.231. The number of aromatic nitrogens is 1. The molecule has 144 heavy (non-hydrogen) atoms. The summed E-state index contributed by atoms with van der Waals surface area (Å²) in [5.41, 5.74) is 26.1. The molecule has 14 heteroatoms. The zero-order chi connectivity index (χ0) is 102. The monoisotopic (exact) mass is 1890 g/mol. The van der Waals surface area contributed by atoms with E-state index in [0.29, 0.717) is 40.9 Å². The maximum atomic E-state index is 13.5. The number of Topliss-reactive ketones (excluding diaryl/α,β-unsaturated/α-hetero) is 4. The minimum atomic E-state index is -0.313. The number of hydrogen-bond acceptors (Lipinski definition) is 13. The lowest BCUT2D eigenvalue weighted by atomic mass is 9.69. The van der Waals surface area contributed by atoms with Gasteiger partial charge in [-0.1, -0.05) is 404 Å². The van der Waals surface area contributed by atoms with Gasteiger partial charge in [0.15, 0.2) is 46.5 Å². The van der Waals surface area contributed by atoms with Gasteiger partial charge in [0.1, 0.15) is 29.1 Å². The van der Waals surface area contributed by atoms with E-state index in [2.05, 4.69) is 298 Å². The van der Waals surface area contributed by atoms with E-state index in [1.54, 1.807) is 0 Å². The van der Waals surface area contributed by atoms with Crippen LogP contribution in [0.3, 0.4) is 0 Å². The number of hydrogen-bond donors (Lipinski definition) is 2. The zero-order valence-corrected chi connectivity index (χ0v) is 86.1. The van der Waals surface area contributed by atoms with Gasteiger partial charge in [-0.3, -0.25) is 24.5 Å². The highest BCUT2D eigenvalue weighted by molar-refractivity contribution is 6.26. The van der Waals surface area contributed by atoms with Crippen LogP contribution >= 0.6 is 0 Å². The maximum Gasteiger partial charge on any atom is 0.190 e. The first kappa shape index (κ1) is 99.9. The van der Waals surface area contributed by atoms with Crippen molar-refractivity contribution in [3.8, 4) is 5.75 Å². The summed E-state index contributed by atoms with van der Waals surface area (Å²) in [6.45, 7) is 40.4. The predicted octanol–water partition coefficient (Wildman–Crippen LogP) is 30.2. The van der Waals surface area contributed by atoms with Crippen LogP contribution in [0.1, 0.15) is 244 Å². The topological polar surface area (TPSA) is 183 Å². The molecule has 2 atom stereocenters. The molecule has 722 valence electrons. The van der Waals surface area contributed by atoms with Gasteiger partial charge in [-0.2, -0.15) is 0 Å². The van der Waals surface area contributed by atoms with E-state index in [4.69, 9.17) is 34.7 Å². The van der Waals surface area contributed by atoms with Gasteiger partial charge in [0, 0.05) is 94.7 Å². The molecule has 0 saturated carbocycles. The van der Waals surface area contributed by atoms with Crippen molar-refractivity contribution in [2.45, 2.75) is 157 Å². The van der Waals surface area contributed by atoms with Crippen LogP contribution in [0.5, 0.6) is 5.75 Å². The second-order valence-corrected chi connectivity index (χ2v) is 42.7. The van der Waals surface area contributed by atoms with Crippen LogP contribution in [-0.2, 0) is 9.59 Å². The van der Waals surface area contributed by atoms with Crippen LogP contribution in [0.4, 0.5) is 17.1 Å². The third-order valence-corrected chi connectivity index (χ3v) is 27.7. The van der Waals surface area contributed by atoms with E-state index in [1.807, 2.05) is 213 Å². The second-order valence-electron chi connectivity index (χ2n) is 42.7. The second kappa shape index (κ2) is 41.5. The number of ketones is 4. The number of aromatic amines is 1. The highest BCUT2D eigenvalue weighted by Gasteiger charge is 2.42. The fourth-order valence-electron chi connectivity index (χ4n) is 18.8. The number of benzene rings is 11. The number of H-pyrrole nitrogens is 1. The van der Waals surface area contributed by atoms with Crippen LogP contribution in [0, 0.1) is 32.5 Å². The SMILES string of the molecule is CC(C)(C)C1=CC(=C2C=C(C(C)(C)C)C(=O)C(C(C)(C)C)=C2)C=C(C(C)(C)C)C1=O.CCC(C)(C)C1=C/C(=C2/C=C(C(C)(C)CC)C(=O)c3ccccc32)c2ccccc2C1=O.CCOc1ccc(N(c2ccc(/C=C\C=C/c3ccccc3)cc2)c2cccc(/C=C\C=C/c3ccccc3)c2)cc1.c1ccc2c(c1)C1=NC2=NC2NC(N=C3N=C(N=c4[nH]c(c5ccccc45)=N1)c1ccccc13)c1ccccc12. The first-order chi connectivity index (χ1) is 68.9. The Bertz CT molecular complexity index is 7360. The third kappa shape index (κ3) is 21.6. The molecule has 8 bridgehead atoms. The molecule has 0 saturated heterocycles. The fourth-order valence-corrected chi connectivity index (χ4v) is 18.8. The molecular weight excluding hydrogens is 1770 g/mol. The van der Waals surface area contributed by atoms with Gasteiger partial charge in [0.25, 0.3) is 0 Å². The molecular formula is C130H127N9O5. The Morgan fingerprint density at radius 2 is 0.632 bits per heavy atom. The number of ether oxygens (including phenoxy) is 1. The molecule has 4 aliphatic heterocycles. The molecule has 0 fully saturated rings. The minimum absolute atomic E-state index is 0.107. The number of rotatable bonds is 15. The van der Waals surface area contributed by atoms with Crippen molar-refractivity contribution in [1.29, 1.82) is 0 Å². The van der Waals surface area contributed by atoms with Crippen LogP contribution < -0.4 is 25.9 Å². The Labute approximate surface area is 848 Å². The molecule has 20 rings (SSSR count). The van der Waals surface area contributed by atoms with E-state index in [-0.39, 0.29) is 68.0 Å². The van der Waals surface area contributed by atoms with Gasteiger partial charge in [-0.25, -0.2) is 30.0 Å². The highest BCUT2D eigenvalue weighted by Crippen LogP contribution is 2.50. The lowest BCUT2D eigenvalue weighted by Crippen LogP contribution is -2.29. The normalized spacial score (nSPS) is 17.1. The molecule has 0 amide bonds. The average molecular weight is 1900 g/mol. The lowest BCUT2D eigenvalue weighted by Gasteiger charge is -2.34. The Morgan fingerprint density at radius 3 is 1.01 bits per heavy atom. The number of carbonyl (C=O) groups excluding carboxylic acids is 4. The number of nitrogens with zero attached hydrogens (tertiary/aromatic N) is 7. The Hall–Kier alpha value is -15.6. The van der Waals surface area contributed by atoms with Crippen molar-refractivity contribution in [2.75, 3.05) is 11.5 Å². The van der Waals surface area contributed by atoms with Crippen molar-refractivity contribution in [2.24, 2.45) is 62.4 Å². The number of aliphatic imine (C=N–C) groups is 4. The van der Waals surface area contributed by atoms with Crippen molar-refractivity contribution < 1.29 is 23.9 Å². The molecule has 4 aliphatic carbocycles. The smallest absolute Gasteiger partial charge is 0.190 e. The Balaban J connectivity index is 0.000000133. The average Bonchev–Trinajstić information content (AvgIpc) is 1.26. The van der Waals surface area contributed by atoms with Crippen molar-refractivity contribution in [3.63, 3.8) is 0 Å². The van der Waals surface area contributed by atoms with E-state index >= 15 is 0 Å². The maximum absolute atomic E-state index is 13.5. The minimum Gasteiger partial charge on any atom is -0.494 e. The number of anilines is 3. The summed E-state index contributed by atoms with van der Waals surface area (Å²) in [4.78, 5) is 89.4. The number of allylic oxidation sites excluding steroid dienone is 20. The summed E-state index contributed by atoms with van der Waals surface area (Å²) in [5.74, 6) is 3.87. The summed E-state index contributed by atoms with van der Waals surface area (Å²) in [6, 6.07) is 94.5. The van der Waals surface area contributed by atoms with Gasteiger partial charge in [-0.05, 0) is 204 Å². The van der Waals surface area contributed by atoms with Crippen molar-refractivity contribution in [1.82, 2.24) is 10.3 Å².